The lowest BCUT2D eigenvalue weighted by molar-refractivity contribution is 0.0625. The number of nitrogens with zero attached hydrogens (tertiary/aromatic N) is 1. The number of nitrogens with two attached hydrogens (primary N) is 1. The molecular weight excluding hydrogens is 260 g/mol. The van der Waals surface area contributed by atoms with Crippen molar-refractivity contribution in [1.29, 1.82) is 0 Å². The first-order chi connectivity index (χ1) is 10.1. The molecule has 0 saturated heterocycles. The zero-order chi connectivity index (χ0) is 15.9. The SMILES string of the molecule is CCOc1ccc(C(N)C(CC)(CC)N(CC)CC)cc1. The monoisotopic (exact) mass is 292 g/mol. The highest BCUT2D eigenvalue weighted by Crippen LogP contribution is 2.36. The van der Waals surface area contributed by atoms with E-state index in [1.807, 2.05) is 19.1 Å². The summed E-state index contributed by atoms with van der Waals surface area (Å²) in [5, 5.41) is 0. The molecule has 0 amide bonds. The van der Waals surface area contributed by atoms with Crippen LogP contribution in [0.1, 0.15) is 59.1 Å². The minimum atomic E-state index is 0.0167. The van der Waals surface area contributed by atoms with E-state index in [4.69, 9.17) is 10.5 Å². The van der Waals surface area contributed by atoms with Gasteiger partial charge in [0.1, 0.15) is 5.75 Å². The second-order valence-electron chi connectivity index (χ2n) is 5.46. The first-order valence-corrected chi connectivity index (χ1v) is 8.32. The summed E-state index contributed by atoms with van der Waals surface area (Å²) in [7, 11) is 0. The molecule has 0 aromatic heterocycles. The van der Waals surface area contributed by atoms with Crippen molar-refractivity contribution < 1.29 is 4.74 Å². The number of rotatable bonds is 9. The predicted molar refractivity (Wildman–Crippen MR) is 90.8 cm³/mol. The molecule has 3 nitrogen and oxygen atoms in total. The van der Waals surface area contributed by atoms with Gasteiger partial charge in [-0.3, -0.25) is 4.90 Å². The summed E-state index contributed by atoms with van der Waals surface area (Å²) in [6.45, 7) is 13.7. The highest BCUT2D eigenvalue weighted by Gasteiger charge is 2.38. The first-order valence-electron chi connectivity index (χ1n) is 8.32. The van der Waals surface area contributed by atoms with Crippen LogP contribution < -0.4 is 10.5 Å². The second kappa shape index (κ2) is 8.40. The summed E-state index contributed by atoms with van der Waals surface area (Å²) in [6.07, 6.45) is 2.11. The van der Waals surface area contributed by atoms with Gasteiger partial charge in [0, 0.05) is 11.6 Å². The van der Waals surface area contributed by atoms with Gasteiger partial charge in [0.15, 0.2) is 0 Å². The van der Waals surface area contributed by atoms with Crippen molar-refractivity contribution in [1.82, 2.24) is 4.90 Å². The van der Waals surface area contributed by atoms with Crippen LogP contribution in [0.25, 0.3) is 0 Å². The molecule has 0 aliphatic heterocycles. The molecule has 1 atom stereocenters. The van der Waals surface area contributed by atoms with E-state index in [0.29, 0.717) is 6.61 Å². The number of likely N-dealkylation sites (N-methyl/N-ethyl adjacent to an activating group) is 1. The maximum absolute atomic E-state index is 6.69. The third-order valence-electron chi connectivity index (χ3n) is 4.75. The van der Waals surface area contributed by atoms with E-state index in [9.17, 15) is 0 Å². The van der Waals surface area contributed by atoms with Crippen molar-refractivity contribution in [2.75, 3.05) is 19.7 Å². The Bertz CT molecular complexity index is 394. The lowest BCUT2D eigenvalue weighted by atomic mass is 9.79. The molecule has 0 heterocycles. The molecule has 0 aliphatic carbocycles. The van der Waals surface area contributed by atoms with Gasteiger partial charge in [-0.1, -0.05) is 39.8 Å². The van der Waals surface area contributed by atoms with Crippen LogP contribution in [0.5, 0.6) is 5.75 Å². The van der Waals surface area contributed by atoms with Gasteiger partial charge in [0.2, 0.25) is 0 Å². The van der Waals surface area contributed by atoms with Crippen molar-refractivity contribution in [3.8, 4) is 5.75 Å². The van der Waals surface area contributed by atoms with Crippen molar-refractivity contribution in [3.05, 3.63) is 29.8 Å². The zero-order valence-corrected chi connectivity index (χ0v) is 14.4. The van der Waals surface area contributed by atoms with Gasteiger partial charge in [-0.15, -0.1) is 0 Å². The van der Waals surface area contributed by atoms with Gasteiger partial charge < -0.3 is 10.5 Å². The van der Waals surface area contributed by atoms with Crippen LogP contribution in [-0.2, 0) is 0 Å². The molecule has 0 aliphatic rings. The van der Waals surface area contributed by atoms with E-state index in [-0.39, 0.29) is 11.6 Å². The van der Waals surface area contributed by atoms with E-state index in [1.165, 1.54) is 5.56 Å². The Labute approximate surface area is 130 Å². The average molecular weight is 292 g/mol. The summed E-state index contributed by atoms with van der Waals surface area (Å²) in [5.41, 5.74) is 7.90. The Hall–Kier alpha value is -1.06. The Balaban J connectivity index is 3.07. The first kappa shape index (κ1) is 18.0. The molecule has 3 heteroatoms. The van der Waals surface area contributed by atoms with Crippen LogP contribution in [0.3, 0.4) is 0 Å². The third kappa shape index (κ3) is 3.78. The highest BCUT2D eigenvalue weighted by molar-refractivity contribution is 5.31. The maximum Gasteiger partial charge on any atom is 0.119 e. The van der Waals surface area contributed by atoms with Crippen LogP contribution in [0.2, 0.25) is 0 Å². The lowest BCUT2D eigenvalue weighted by Gasteiger charge is -2.46. The van der Waals surface area contributed by atoms with E-state index in [2.05, 4.69) is 44.7 Å². The minimum Gasteiger partial charge on any atom is -0.494 e. The fourth-order valence-electron chi connectivity index (χ4n) is 3.44. The van der Waals surface area contributed by atoms with E-state index in [1.54, 1.807) is 0 Å². The molecule has 0 bridgehead atoms. The van der Waals surface area contributed by atoms with Gasteiger partial charge in [-0.05, 0) is 50.6 Å². The zero-order valence-electron chi connectivity index (χ0n) is 14.4. The molecule has 1 unspecified atom stereocenters. The average Bonchev–Trinajstić information content (AvgIpc) is 2.53. The topological polar surface area (TPSA) is 38.5 Å². The molecule has 1 aromatic rings. The Kier molecular flexibility index (Phi) is 7.20. The largest absolute Gasteiger partial charge is 0.494 e. The molecular formula is C18H32N2O. The number of benzene rings is 1. The molecule has 0 spiro atoms. The van der Waals surface area contributed by atoms with Gasteiger partial charge in [-0.25, -0.2) is 0 Å². The van der Waals surface area contributed by atoms with Crippen molar-refractivity contribution in [2.24, 2.45) is 5.73 Å². The van der Waals surface area contributed by atoms with Crippen LogP contribution in [-0.4, -0.2) is 30.1 Å². The van der Waals surface area contributed by atoms with Gasteiger partial charge >= 0.3 is 0 Å². The van der Waals surface area contributed by atoms with Crippen LogP contribution in [0, 0.1) is 0 Å². The molecule has 0 radical (unpaired) electrons. The smallest absolute Gasteiger partial charge is 0.119 e. The van der Waals surface area contributed by atoms with E-state index < -0.39 is 0 Å². The molecule has 0 fully saturated rings. The van der Waals surface area contributed by atoms with Gasteiger partial charge in [-0.2, -0.15) is 0 Å². The summed E-state index contributed by atoms with van der Waals surface area (Å²) in [5.74, 6) is 0.912. The van der Waals surface area contributed by atoms with Crippen LogP contribution in [0.15, 0.2) is 24.3 Å². The molecule has 1 rings (SSSR count). The maximum atomic E-state index is 6.69. The lowest BCUT2D eigenvalue weighted by Crippen LogP contribution is -2.54. The fourth-order valence-corrected chi connectivity index (χ4v) is 3.44. The second-order valence-corrected chi connectivity index (χ2v) is 5.46. The van der Waals surface area contributed by atoms with Crippen molar-refractivity contribution >= 4 is 0 Å². The normalized spacial score (nSPS) is 13.5. The number of hydrogen-bond donors (Lipinski definition) is 1. The van der Waals surface area contributed by atoms with E-state index in [0.717, 1.165) is 31.7 Å². The standard InChI is InChI=1S/C18H32N2O/c1-6-18(7-2,20(8-3)9-4)17(19)15-11-13-16(14-12-15)21-10-5/h11-14,17H,6-10,19H2,1-5H3. The quantitative estimate of drug-likeness (QED) is 0.748. The highest BCUT2D eigenvalue weighted by atomic mass is 16.5. The van der Waals surface area contributed by atoms with Crippen molar-refractivity contribution in [2.45, 2.75) is 59.0 Å². The molecule has 21 heavy (non-hydrogen) atoms. The summed E-state index contributed by atoms with van der Waals surface area (Å²) >= 11 is 0. The third-order valence-corrected chi connectivity index (χ3v) is 4.75. The Morgan fingerprint density at radius 3 is 1.90 bits per heavy atom. The summed E-state index contributed by atoms with van der Waals surface area (Å²) < 4.78 is 5.52. The van der Waals surface area contributed by atoms with Gasteiger partial charge in [0.05, 0.1) is 6.61 Å². The summed E-state index contributed by atoms with van der Waals surface area (Å²) in [4.78, 5) is 2.51. The number of hydrogen-bond acceptors (Lipinski definition) is 3. The predicted octanol–water partition coefficient (Wildman–Crippen LogP) is 3.99. The molecule has 0 saturated carbocycles. The van der Waals surface area contributed by atoms with Crippen LogP contribution >= 0.6 is 0 Å². The molecule has 120 valence electrons. The van der Waals surface area contributed by atoms with E-state index >= 15 is 0 Å². The Morgan fingerprint density at radius 2 is 1.52 bits per heavy atom. The fraction of sp³-hybridized carbons (Fsp3) is 0.667. The number of ether oxygens (including phenoxy) is 1. The van der Waals surface area contributed by atoms with Gasteiger partial charge in [0.25, 0.3) is 0 Å². The summed E-state index contributed by atoms with van der Waals surface area (Å²) in [6, 6.07) is 8.29. The van der Waals surface area contributed by atoms with Crippen LogP contribution in [0.4, 0.5) is 0 Å². The molecule has 2 N–H and O–H groups in total. The molecule has 1 aromatic carbocycles. The van der Waals surface area contributed by atoms with Crippen molar-refractivity contribution in [3.63, 3.8) is 0 Å². The Morgan fingerprint density at radius 1 is 1.00 bits per heavy atom. The minimum absolute atomic E-state index is 0.0167.